The van der Waals surface area contributed by atoms with Crippen LogP contribution >= 0.6 is 12.2 Å². The largest absolute Gasteiger partial charge is 0.493 e. The zero-order valence-electron chi connectivity index (χ0n) is 18.0. The summed E-state index contributed by atoms with van der Waals surface area (Å²) in [6.07, 6.45) is 9.08. The minimum Gasteiger partial charge on any atom is -0.493 e. The van der Waals surface area contributed by atoms with Crippen LogP contribution in [0.25, 0.3) is 0 Å². The summed E-state index contributed by atoms with van der Waals surface area (Å²) in [4.78, 5) is 4.44. The van der Waals surface area contributed by atoms with Crippen molar-refractivity contribution in [2.75, 3.05) is 41.4 Å². The number of nitrogens with zero attached hydrogens (tertiary/aromatic N) is 2. The number of hydrogen-bond donors (Lipinski definition) is 1. The van der Waals surface area contributed by atoms with Crippen LogP contribution in [-0.4, -0.2) is 62.4 Å². The molecule has 0 saturated heterocycles. The summed E-state index contributed by atoms with van der Waals surface area (Å²) in [6, 6.07) is 6.51. The maximum Gasteiger partial charge on any atom is 0.169 e. The van der Waals surface area contributed by atoms with E-state index >= 15 is 0 Å². The first-order chi connectivity index (χ1) is 13.5. The summed E-state index contributed by atoms with van der Waals surface area (Å²) < 4.78 is 11.1. The molecule has 1 aromatic rings. The number of ether oxygens (including phenoxy) is 2. The Morgan fingerprint density at radius 2 is 1.71 bits per heavy atom. The van der Waals surface area contributed by atoms with Crippen molar-refractivity contribution in [2.24, 2.45) is 0 Å². The van der Waals surface area contributed by atoms with Gasteiger partial charge in [-0.05, 0) is 45.2 Å². The van der Waals surface area contributed by atoms with Gasteiger partial charge in [-0.15, -0.1) is 0 Å². The van der Waals surface area contributed by atoms with Gasteiger partial charge in [0.05, 0.1) is 14.2 Å². The third-order valence-corrected chi connectivity index (χ3v) is 5.76. The normalized spacial score (nSPS) is 15.6. The Hall–Kier alpha value is -1.53. The number of hydrogen-bond acceptors (Lipinski definition) is 4. The maximum absolute atomic E-state index is 5.85. The lowest BCUT2D eigenvalue weighted by atomic mass is 9.97. The van der Waals surface area contributed by atoms with Gasteiger partial charge in [-0.1, -0.05) is 44.2 Å². The molecule has 0 unspecified atom stereocenters. The van der Waals surface area contributed by atoms with Gasteiger partial charge in [-0.25, -0.2) is 0 Å². The Morgan fingerprint density at radius 1 is 1.04 bits per heavy atom. The minimum absolute atomic E-state index is 0.488. The van der Waals surface area contributed by atoms with Gasteiger partial charge in [-0.3, -0.25) is 0 Å². The van der Waals surface area contributed by atoms with E-state index in [-0.39, 0.29) is 0 Å². The molecule has 0 heterocycles. The third kappa shape index (κ3) is 7.13. The van der Waals surface area contributed by atoms with E-state index in [9.17, 15) is 0 Å². The number of para-hydroxylation sites is 1. The quantitative estimate of drug-likeness (QED) is 0.655. The van der Waals surface area contributed by atoms with Crippen LogP contribution in [0.15, 0.2) is 18.2 Å². The Labute approximate surface area is 176 Å². The van der Waals surface area contributed by atoms with Crippen molar-refractivity contribution < 1.29 is 9.47 Å². The van der Waals surface area contributed by atoms with Crippen molar-refractivity contribution in [3.8, 4) is 11.5 Å². The summed E-state index contributed by atoms with van der Waals surface area (Å²) in [5.41, 5.74) is 1.09. The molecule has 0 spiro atoms. The van der Waals surface area contributed by atoms with Gasteiger partial charge in [0.2, 0.25) is 0 Å². The molecule has 0 atom stereocenters. The molecule has 158 valence electrons. The second kappa shape index (κ2) is 12.1. The van der Waals surface area contributed by atoms with Crippen LogP contribution < -0.4 is 14.8 Å². The Kier molecular flexibility index (Phi) is 9.85. The summed E-state index contributed by atoms with van der Waals surface area (Å²) in [5, 5.41) is 4.51. The molecule has 1 aromatic carbocycles. The van der Waals surface area contributed by atoms with Gasteiger partial charge in [0.15, 0.2) is 16.6 Å². The van der Waals surface area contributed by atoms with Crippen molar-refractivity contribution in [1.82, 2.24) is 15.1 Å². The van der Waals surface area contributed by atoms with Crippen molar-refractivity contribution in [2.45, 2.75) is 57.5 Å². The highest BCUT2D eigenvalue weighted by molar-refractivity contribution is 7.80. The second-order valence-corrected chi connectivity index (χ2v) is 8.26. The maximum atomic E-state index is 5.85. The number of thiocarbonyl (C=S) groups is 1. The monoisotopic (exact) mass is 407 g/mol. The highest BCUT2D eigenvalue weighted by atomic mass is 32.1. The molecule has 0 bridgehead atoms. The van der Waals surface area contributed by atoms with Crippen molar-refractivity contribution in [3.63, 3.8) is 0 Å². The molecule has 2 rings (SSSR count). The summed E-state index contributed by atoms with van der Waals surface area (Å²) in [6.45, 7) is 2.51. The zero-order valence-corrected chi connectivity index (χ0v) is 18.8. The van der Waals surface area contributed by atoms with E-state index in [1.807, 2.05) is 12.1 Å². The van der Waals surface area contributed by atoms with Gasteiger partial charge in [0, 0.05) is 31.2 Å². The second-order valence-electron chi connectivity index (χ2n) is 7.87. The SMILES string of the molecule is COc1cccc(CN(CCN(C)C)C(=S)NC2CCCCCCC2)c1OC. The first kappa shape index (κ1) is 22.8. The molecule has 6 heteroatoms. The molecule has 0 amide bonds. The summed E-state index contributed by atoms with van der Waals surface area (Å²) in [7, 11) is 7.55. The lowest BCUT2D eigenvalue weighted by Gasteiger charge is -2.31. The van der Waals surface area contributed by atoms with Crippen LogP contribution in [0.4, 0.5) is 0 Å². The Morgan fingerprint density at radius 3 is 2.32 bits per heavy atom. The number of rotatable bonds is 8. The van der Waals surface area contributed by atoms with Gasteiger partial charge >= 0.3 is 0 Å². The van der Waals surface area contributed by atoms with Gasteiger partial charge in [0.1, 0.15) is 0 Å². The lowest BCUT2D eigenvalue weighted by molar-refractivity contribution is 0.307. The molecule has 0 aromatic heterocycles. The fraction of sp³-hybridized carbons (Fsp3) is 0.682. The topological polar surface area (TPSA) is 37.0 Å². The van der Waals surface area contributed by atoms with Crippen LogP contribution in [0.3, 0.4) is 0 Å². The van der Waals surface area contributed by atoms with E-state index in [1.54, 1.807) is 14.2 Å². The average molecular weight is 408 g/mol. The molecular weight excluding hydrogens is 370 g/mol. The minimum atomic E-state index is 0.488. The van der Waals surface area contributed by atoms with Gasteiger partial charge in [0.25, 0.3) is 0 Å². The predicted molar refractivity (Wildman–Crippen MR) is 120 cm³/mol. The molecule has 1 saturated carbocycles. The summed E-state index contributed by atoms with van der Waals surface area (Å²) in [5.74, 6) is 1.54. The third-order valence-electron chi connectivity index (χ3n) is 5.38. The molecule has 1 aliphatic rings. The van der Waals surface area contributed by atoms with Crippen molar-refractivity contribution in [3.05, 3.63) is 23.8 Å². The fourth-order valence-electron chi connectivity index (χ4n) is 3.72. The van der Waals surface area contributed by atoms with E-state index < -0.39 is 0 Å². The lowest BCUT2D eigenvalue weighted by Crippen LogP contribution is -2.46. The molecule has 1 fully saturated rings. The Balaban J connectivity index is 2.11. The van der Waals surface area contributed by atoms with Crippen LogP contribution in [0.2, 0.25) is 0 Å². The molecule has 1 aliphatic carbocycles. The van der Waals surface area contributed by atoms with Gasteiger partial charge < -0.3 is 24.6 Å². The van der Waals surface area contributed by atoms with Crippen LogP contribution in [0.1, 0.15) is 50.5 Å². The van der Waals surface area contributed by atoms with Gasteiger partial charge in [-0.2, -0.15) is 0 Å². The van der Waals surface area contributed by atoms with E-state index in [1.165, 1.54) is 44.9 Å². The number of nitrogens with one attached hydrogen (secondary N) is 1. The van der Waals surface area contributed by atoms with Crippen LogP contribution in [0, 0.1) is 0 Å². The van der Waals surface area contributed by atoms with E-state index in [0.717, 1.165) is 35.3 Å². The molecule has 28 heavy (non-hydrogen) atoms. The Bertz CT molecular complexity index is 601. The zero-order chi connectivity index (χ0) is 20.4. The number of likely N-dealkylation sites (N-methyl/N-ethyl adjacent to an activating group) is 1. The number of benzene rings is 1. The molecule has 0 aliphatic heterocycles. The first-order valence-corrected chi connectivity index (χ1v) is 10.9. The molecule has 0 radical (unpaired) electrons. The highest BCUT2D eigenvalue weighted by Gasteiger charge is 2.19. The average Bonchev–Trinajstić information content (AvgIpc) is 2.66. The fourth-order valence-corrected chi connectivity index (χ4v) is 4.05. The van der Waals surface area contributed by atoms with E-state index in [4.69, 9.17) is 21.7 Å². The van der Waals surface area contributed by atoms with E-state index in [0.29, 0.717) is 12.6 Å². The van der Waals surface area contributed by atoms with Crippen LogP contribution in [0.5, 0.6) is 11.5 Å². The van der Waals surface area contributed by atoms with E-state index in [2.05, 4.69) is 35.3 Å². The van der Waals surface area contributed by atoms with Crippen molar-refractivity contribution >= 4 is 17.3 Å². The summed E-state index contributed by atoms with van der Waals surface area (Å²) >= 11 is 5.85. The first-order valence-electron chi connectivity index (χ1n) is 10.4. The standard InChI is InChI=1S/C22H37N3O2S/c1-24(2)15-16-25(17-18-11-10-14-20(26-3)21(18)27-4)22(28)23-19-12-8-6-5-7-9-13-19/h10-11,14,19H,5-9,12-13,15-17H2,1-4H3,(H,23,28). The molecule has 1 N–H and O–H groups in total. The smallest absolute Gasteiger partial charge is 0.169 e. The highest BCUT2D eigenvalue weighted by Crippen LogP contribution is 2.31. The molecular formula is C22H37N3O2S. The van der Waals surface area contributed by atoms with Crippen molar-refractivity contribution in [1.29, 1.82) is 0 Å². The van der Waals surface area contributed by atoms with Crippen LogP contribution in [-0.2, 0) is 6.54 Å². The number of methoxy groups -OCH3 is 2. The molecule has 5 nitrogen and oxygen atoms in total. The predicted octanol–water partition coefficient (Wildman–Crippen LogP) is 4.05.